The summed E-state index contributed by atoms with van der Waals surface area (Å²) in [5, 5.41) is 41.7. The molecule has 0 heterocycles. The highest BCUT2D eigenvalue weighted by Gasteiger charge is 2.48. The van der Waals surface area contributed by atoms with Gasteiger partial charge in [0.05, 0.1) is 24.1 Å². The molecular formula is C17H32N2O4. The zero-order chi connectivity index (χ0) is 17.0. The van der Waals surface area contributed by atoms with Crippen LogP contribution in [-0.2, 0) is 0 Å². The molecule has 6 nitrogen and oxygen atoms in total. The van der Waals surface area contributed by atoms with Crippen molar-refractivity contribution >= 4 is 0 Å². The molecule has 0 bridgehead atoms. The predicted molar refractivity (Wildman–Crippen MR) is 88.6 cm³/mol. The van der Waals surface area contributed by atoms with Gasteiger partial charge in [-0.2, -0.15) is 0 Å². The summed E-state index contributed by atoms with van der Waals surface area (Å²) in [6.45, 7) is 1.07. The molecule has 6 heteroatoms. The standard InChI is InChI=1S/C17H32N2O4/c18-5-1-3-11-13(20)7-17(8-14(11)21)9-15(22)12(4-2-6-19)16(23)10-17/h7,11-12,14-16,20-23H,1-6,8-10,18-19H2. The molecule has 8 N–H and O–H groups in total. The molecule has 1 spiro atoms. The average molecular weight is 328 g/mol. The van der Waals surface area contributed by atoms with E-state index in [2.05, 4.69) is 0 Å². The number of hydrogen-bond donors (Lipinski definition) is 6. The molecule has 0 amide bonds. The van der Waals surface area contributed by atoms with Crippen LogP contribution < -0.4 is 11.5 Å². The third-order valence-corrected chi connectivity index (χ3v) is 5.59. The second kappa shape index (κ2) is 7.94. The summed E-state index contributed by atoms with van der Waals surface area (Å²) in [5.41, 5.74) is 10.5. The molecule has 0 saturated heterocycles. The molecule has 4 atom stereocenters. The minimum absolute atomic E-state index is 0.174. The normalized spacial score (nSPS) is 41.1. The zero-order valence-corrected chi connectivity index (χ0v) is 13.8. The monoisotopic (exact) mass is 328 g/mol. The van der Waals surface area contributed by atoms with Crippen molar-refractivity contribution in [3.63, 3.8) is 0 Å². The maximum absolute atomic E-state index is 10.5. The Hall–Kier alpha value is -0.660. The van der Waals surface area contributed by atoms with Crippen LogP contribution in [0, 0.1) is 17.3 Å². The Labute approximate surface area is 138 Å². The molecule has 0 aliphatic heterocycles. The van der Waals surface area contributed by atoms with Crippen molar-refractivity contribution in [2.24, 2.45) is 28.7 Å². The van der Waals surface area contributed by atoms with Gasteiger partial charge >= 0.3 is 0 Å². The highest BCUT2D eigenvalue weighted by molar-refractivity contribution is 5.17. The molecule has 0 radical (unpaired) electrons. The van der Waals surface area contributed by atoms with Crippen LogP contribution in [0.1, 0.15) is 44.9 Å². The first-order chi connectivity index (χ1) is 10.9. The maximum Gasteiger partial charge on any atom is 0.0945 e. The maximum atomic E-state index is 10.5. The van der Waals surface area contributed by atoms with Crippen molar-refractivity contribution in [2.75, 3.05) is 13.1 Å². The van der Waals surface area contributed by atoms with E-state index < -0.39 is 23.7 Å². The number of allylic oxidation sites excluding steroid dienone is 1. The third-order valence-electron chi connectivity index (χ3n) is 5.59. The van der Waals surface area contributed by atoms with Gasteiger partial charge < -0.3 is 31.9 Å². The lowest BCUT2D eigenvalue weighted by Crippen LogP contribution is -2.48. The highest BCUT2D eigenvalue weighted by atomic mass is 16.3. The summed E-state index contributed by atoms with van der Waals surface area (Å²) in [6, 6.07) is 0. The quantitative estimate of drug-likeness (QED) is 0.418. The molecule has 134 valence electrons. The second-order valence-corrected chi connectivity index (χ2v) is 7.38. The van der Waals surface area contributed by atoms with E-state index in [9.17, 15) is 20.4 Å². The fraction of sp³-hybridized carbons (Fsp3) is 0.882. The molecule has 23 heavy (non-hydrogen) atoms. The first-order valence-electron chi connectivity index (χ1n) is 8.78. The van der Waals surface area contributed by atoms with Crippen molar-refractivity contribution < 1.29 is 20.4 Å². The number of nitrogens with two attached hydrogens (primary N) is 2. The summed E-state index contributed by atoms with van der Waals surface area (Å²) < 4.78 is 0. The van der Waals surface area contributed by atoms with Crippen molar-refractivity contribution in [1.82, 2.24) is 0 Å². The molecule has 2 aliphatic carbocycles. The SMILES string of the molecule is NCCCC1C(O)=CC2(CC1O)CC(O)C(CCCN)C(O)C2. The van der Waals surface area contributed by atoms with Crippen LogP contribution in [0.4, 0.5) is 0 Å². The fourth-order valence-corrected chi connectivity index (χ4v) is 4.41. The zero-order valence-electron chi connectivity index (χ0n) is 13.8. The van der Waals surface area contributed by atoms with Crippen LogP contribution in [0.2, 0.25) is 0 Å². The number of aliphatic hydroxyl groups is 4. The Morgan fingerprint density at radius 2 is 1.43 bits per heavy atom. The highest BCUT2D eigenvalue weighted by Crippen LogP contribution is 2.49. The van der Waals surface area contributed by atoms with Crippen molar-refractivity contribution in [3.8, 4) is 0 Å². The molecule has 0 aromatic rings. The van der Waals surface area contributed by atoms with E-state index in [1.54, 1.807) is 6.08 Å². The molecule has 4 unspecified atom stereocenters. The third kappa shape index (κ3) is 4.25. The van der Waals surface area contributed by atoms with E-state index in [1.807, 2.05) is 0 Å². The van der Waals surface area contributed by atoms with E-state index in [0.717, 1.165) is 12.8 Å². The smallest absolute Gasteiger partial charge is 0.0945 e. The van der Waals surface area contributed by atoms with Crippen molar-refractivity contribution in [2.45, 2.75) is 63.3 Å². The van der Waals surface area contributed by atoms with Gasteiger partial charge in [0.1, 0.15) is 0 Å². The van der Waals surface area contributed by atoms with Gasteiger partial charge in [-0.05, 0) is 69.5 Å². The minimum Gasteiger partial charge on any atom is -0.512 e. The van der Waals surface area contributed by atoms with Gasteiger partial charge in [0.25, 0.3) is 0 Å². The Kier molecular flexibility index (Phi) is 6.45. The number of aliphatic hydroxyl groups excluding tert-OH is 4. The Morgan fingerprint density at radius 1 is 0.913 bits per heavy atom. The van der Waals surface area contributed by atoms with Gasteiger partial charge in [-0.1, -0.05) is 0 Å². The van der Waals surface area contributed by atoms with Crippen LogP contribution in [0.3, 0.4) is 0 Å². The molecule has 2 aliphatic rings. The number of hydrogen-bond acceptors (Lipinski definition) is 6. The molecule has 1 saturated carbocycles. The van der Waals surface area contributed by atoms with Crippen LogP contribution in [0.5, 0.6) is 0 Å². The predicted octanol–water partition coefficient (Wildman–Crippen LogP) is 0.405. The van der Waals surface area contributed by atoms with E-state index >= 15 is 0 Å². The Morgan fingerprint density at radius 3 is 1.96 bits per heavy atom. The first-order valence-corrected chi connectivity index (χ1v) is 8.78. The second-order valence-electron chi connectivity index (χ2n) is 7.38. The van der Waals surface area contributed by atoms with Gasteiger partial charge in [0.15, 0.2) is 0 Å². The molecule has 1 fully saturated rings. The Balaban J connectivity index is 2.10. The summed E-state index contributed by atoms with van der Waals surface area (Å²) in [4.78, 5) is 0. The van der Waals surface area contributed by atoms with Gasteiger partial charge in [-0.15, -0.1) is 0 Å². The van der Waals surface area contributed by atoms with Crippen LogP contribution >= 0.6 is 0 Å². The van der Waals surface area contributed by atoms with E-state index in [0.29, 0.717) is 45.2 Å². The van der Waals surface area contributed by atoms with Gasteiger partial charge in [0, 0.05) is 11.8 Å². The average Bonchev–Trinajstić information content (AvgIpc) is 2.45. The molecule has 0 aromatic carbocycles. The minimum atomic E-state index is -0.661. The molecular weight excluding hydrogens is 296 g/mol. The molecule has 0 aromatic heterocycles. The van der Waals surface area contributed by atoms with E-state index in [4.69, 9.17) is 11.5 Å². The summed E-state index contributed by atoms with van der Waals surface area (Å²) in [5.74, 6) is -0.280. The van der Waals surface area contributed by atoms with Gasteiger partial charge in [0.2, 0.25) is 0 Å². The lowest BCUT2D eigenvalue weighted by molar-refractivity contribution is -0.0884. The van der Waals surface area contributed by atoms with Crippen LogP contribution in [-0.4, -0.2) is 51.8 Å². The summed E-state index contributed by atoms with van der Waals surface area (Å²) in [6.07, 6.45) is 4.10. The van der Waals surface area contributed by atoms with Crippen LogP contribution in [0.15, 0.2) is 11.8 Å². The van der Waals surface area contributed by atoms with E-state index in [-0.39, 0.29) is 17.6 Å². The van der Waals surface area contributed by atoms with Crippen molar-refractivity contribution in [3.05, 3.63) is 11.8 Å². The van der Waals surface area contributed by atoms with Crippen molar-refractivity contribution in [1.29, 1.82) is 0 Å². The molecule has 2 rings (SSSR count). The summed E-state index contributed by atoms with van der Waals surface area (Å²) >= 11 is 0. The Bertz CT molecular complexity index is 403. The summed E-state index contributed by atoms with van der Waals surface area (Å²) in [7, 11) is 0. The number of rotatable bonds is 6. The fourth-order valence-electron chi connectivity index (χ4n) is 4.41. The largest absolute Gasteiger partial charge is 0.512 e. The lowest BCUT2D eigenvalue weighted by Gasteiger charge is -2.48. The van der Waals surface area contributed by atoms with Gasteiger partial charge in [-0.3, -0.25) is 0 Å². The topological polar surface area (TPSA) is 133 Å². The first kappa shape index (κ1) is 18.7. The van der Waals surface area contributed by atoms with Crippen LogP contribution in [0.25, 0.3) is 0 Å². The lowest BCUT2D eigenvalue weighted by atomic mass is 9.61. The van der Waals surface area contributed by atoms with Gasteiger partial charge in [-0.25, -0.2) is 0 Å². The van der Waals surface area contributed by atoms with E-state index in [1.165, 1.54) is 0 Å².